The Morgan fingerprint density at radius 3 is 2.44 bits per heavy atom. The van der Waals surface area contributed by atoms with E-state index < -0.39 is 17.5 Å². The maximum atomic E-state index is 13.9. The molecule has 0 saturated carbocycles. The predicted octanol–water partition coefficient (Wildman–Crippen LogP) is 3.14. The Labute approximate surface area is 145 Å². The van der Waals surface area contributed by atoms with E-state index in [-0.39, 0.29) is 17.3 Å². The summed E-state index contributed by atoms with van der Waals surface area (Å²) < 4.78 is 27.5. The monoisotopic (exact) mass is 345 g/mol. The minimum atomic E-state index is -0.937. The summed E-state index contributed by atoms with van der Waals surface area (Å²) in [6, 6.07) is 12.2. The minimum Gasteiger partial charge on any atom is -0.380 e. The molecule has 1 aliphatic heterocycles. The first-order valence-corrected chi connectivity index (χ1v) is 8.34. The van der Waals surface area contributed by atoms with Gasteiger partial charge in [-0.15, -0.1) is 0 Å². The molecule has 0 aliphatic carbocycles. The number of rotatable bonds is 5. The number of halogens is 2. The van der Waals surface area contributed by atoms with Crippen molar-refractivity contribution in [2.75, 3.05) is 18.4 Å². The molecule has 1 fully saturated rings. The fourth-order valence-corrected chi connectivity index (χ4v) is 3.15. The van der Waals surface area contributed by atoms with Crippen LogP contribution in [0.5, 0.6) is 0 Å². The highest BCUT2D eigenvalue weighted by molar-refractivity contribution is 5.94. The van der Waals surface area contributed by atoms with E-state index in [9.17, 15) is 13.6 Å². The SMILES string of the molecule is NC(=O)c1cc(NC2CCN(Cc3ccccc3)CC2)c(F)cc1F. The number of nitrogens with two attached hydrogens (primary N) is 1. The molecule has 1 heterocycles. The second-order valence-corrected chi connectivity index (χ2v) is 6.36. The van der Waals surface area contributed by atoms with Crippen LogP contribution in [0.4, 0.5) is 14.5 Å². The van der Waals surface area contributed by atoms with Crippen molar-refractivity contribution < 1.29 is 13.6 Å². The lowest BCUT2D eigenvalue weighted by molar-refractivity contribution is 0.0996. The molecule has 2 aromatic carbocycles. The molecule has 1 amide bonds. The first-order chi connectivity index (χ1) is 12.0. The number of amides is 1. The summed E-state index contributed by atoms with van der Waals surface area (Å²) in [7, 11) is 0. The number of nitrogens with zero attached hydrogens (tertiary/aromatic N) is 1. The first-order valence-electron chi connectivity index (χ1n) is 8.34. The number of nitrogens with one attached hydrogen (secondary N) is 1. The highest BCUT2D eigenvalue weighted by Crippen LogP contribution is 2.23. The smallest absolute Gasteiger partial charge is 0.251 e. The lowest BCUT2D eigenvalue weighted by Gasteiger charge is -2.33. The van der Waals surface area contributed by atoms with Gasteiger partial charge in [-0.1, -0.05) is 30.3 Å². The second kappa shape index (κ2) is 7.61. The quantitative estimate of drug-likeness (QED) is 0.875. The standard InChI is InChI=1S/C19H21F2N3O/c20-16-11-17(21)18(10-15(16)19(22)25)23-14-6-8-24(9-7-14)12-13-4-2-1-3-5-13/h1-5,10-11,14,23H,6-9,12H2,(H2,22,25). The summed E-state index contributed by atoms with van der Waals surface area (Å²) in [5.74, 6) is -2.55. The number of hydrogen-bond acceptors (Lipinski definition) is 3. The van der Waals surface area contributed by atoms with Gasteiger partial charge >= 0.3 is 0 Å². The van der Waals surface area contributed by atoms with Gasteiger partial charge in [-0.3, -0.25) is 9.69 Å². The Morgan fingerprint density at radius 1 is 1.12 bits per heavy atom. The zero-order valence-electron chi connectivity index (χ0n) is 13.8. The van der Waals surface area contributed by atoms with E-state index in [0.29, 0.717) is 6.07 Å². The van der Waals surface area contributed by atoms with Crippen molar-refractivity contribution in [3.63, 3.8) is 0 Å². The summed E-state index contributed by atoms with van der Waals surface area (Å²) in [4.78, 5) is 13.6. The van der Waals surface area contributed by atoms with Crippen LogP contribution in [0, 0.1) is 11.6 Å². The highest BCUT2D eigenvalue weighted by atomic mass is 19.1. The fourth-order valence-electron chi connectivity index (χ4n) is 3.15. The zero-order valence-corrected chi connectivity index (χ0v) is 13.8. The molecule has 25 heavy (non-hydrogen) atoms. The number of carbonyl (C=O) groups is 1. The summed E-state index contributed by atoms with van der Waals surface area (Å²) >= 11 is 0. The van der Waals surface area contributed by atoms with Crippen LogP contribution in [0.25, 0.3) is 0 Å². The maximum Gasteiger partial charge on any atom is 0.251 e. The van der Waals surface area contributed by atoms with E-state index in [1.54, 1.807) is 0 Å². The van der Waals surface area contributed by atoms with E-state index in [4.69, 9.17) is 5.73 Å². The van der Waals surface area contributed by atoms with Crippen LogP contribution in [0.15, 0.2) is 42.5 Å². The Balaban J connectivity index is 1.59. The van der Waals surface area contributed by atoms with Crippen molar-refractivity contribution in [3.05, 3.63) is 65.2 Å². The molecular weight excluding hydrogens is 324 g/mol. The Kier molecular flexibility index (Phi) is 5.28. The number of primary amides is 1. The van der Waals surface area contributed by atoms with Gasteiger partial charge in [0.2, 0.25) is 0 Å². The van der Waals surface area contributed by atoms with Gasteiger partial charge in [0.15, 0.2) is 0 Å². The molecule has 0 unspecified atom stereocenters. The lowest BCUT2D eigenvalue weighted by atomic mass is 10.0. The van der Waals surface area contributed by atoms with Crippen molar-refractivity contribution in [2.45, 2.75) is 25.4 Å². The summed E-state index contributed by atoms with van der Waals surface area (Å²) in [5.41, 5.74) is 6.21. The third-order valence-electron chi connectivity index (χ3n) is 4.52. The number of hydrogen-bond donors (Lipinski definition) is 2. The molecular formula is C19H21F2N3O. The molecule has 132 valence electrons. The van der Waals surface area contributed by atoms with Gasteiger partial charge in [-0.05, 0) is 24.5 Å². The van der Waals surface area contributed by atoms with Crippen LogP contribution >= 0.6 is 0 Å². The van der Waals surface area contributed by atoms with Gasteiger partial charge in [0.1, 0.15) is 11.6 Å². The summed E-state index contributed by atoms with van der Waals surface area (Å²) in [6.07, 6.45) is 1.69. The summed E-state index contributed by atoms with van der Waals surface area (Å²) in [5, 5.41) is 3.08. The molecule has 3 N–H and O–H groups in total. The van der Waals surface area contributed by atoms with Crippen molar-refractivity contribution in [1.82, 2.24) is 4.90 Å². The van der Waals surface area contributed by atoms with Crippen LogP contribution in [0.2, 0.25) is 0 Å². The van der Waals surface area contributed by atoms with Crippen LogP contribution < -0.4 is 11.1 Å². The third kappa shape index (κ3) is 4.33. The molecule has 1 aliphatic rings. The average molecular weight is 345 g/mol. The number of benzene rings is 2. The zero-order chi connectivity index (χ0) is 17.8. The van der Waals surface area contributed by atoms with Gasteiger partial charge < -0.3 is 11.1 Å². The Hall–Kier alpha value is -2.47. The molecule has 0 spiro atoms. The molecule has 4 nitrogen and oxygen atoms in total. The molecule has 0 radical (unpaired) electrons. The van der Waals surface area contributed by atoms with Gasteiger partial charge in [-0.25, -0.2) is 8.78 Å². The first kappa shape index (κ1) is 17.4. The fraction of sp³-hybridized carbons (Fsp3) is 0.316. The van der Waals surface area contributed by atoms with Gasteiger partial charge in [0, 0.05) is 31.7 Å². The topological polar surface area (TPSA) is 58.4 Å². The Bertz CT molecular complexity index is 744. The van der Waals surface area contributed by atoms with E-state index in [0.717, 1.165) is 38.5 Å². The van der Waals surface area contributed by atoms with Crippen LogP contribution in [-0.2, 0) is 6.54 Å². The molecule has 0 aromatic heterocycles. The van der Waals surface area contributed by atoms with E-state index >= 15 is 0 Å². The normalized spacial score (nSPS) is 15.9. The lowest BCUT2D eigenvalue weighted by Crippen LogP contribution is -2.38. The molecule has 3 rings (SSSR count). The van der Waals surface area contributed by atoms with Crippen LogP contribution in [0.3, 0.4) is 0 Å². The molecule has 0 bridgehead atoms. The average Bonchev–Trinajstić information content (AvgIpc) is 2.59. The second-order valence-electron chi connectivity index (χ2n) is 6.36. The van der Waals surface area contributed by atoms with E-state index in [1.165, 1.54) is 5.56 Å². The van der Waals surface area contributed by atoms with Crippen molar-refractivity contribution in [3.8, 4) is 0 Å². The van der Waals surface area contributed by atoms with E-state index in [1.807, 2.05) is 18.2 Å². The maximum absolute atomic E-state index is 13.9. The summed E-state index contributed by atoms with van der Waals surface area (Å²) in [6.45, 7) is 2.67. The highest BCUT2D eigenvalue weighted by Gasteiger charge is 2.21. The number of carbonyl (C=O) groups excluding carboxylic acids is 1. The molecule has 6 heteroatoms. The number of likely N-dealkylation sites (tertiary alicyclic amines) is 1. The van der Waals surface area contributed by atoms with Gasteiger partial charge in [0.05, 0.1) is 11.3 Å². The number of piperidine rings is 1. The minimum absolute atomic E-state index is 0.0766. The molecule has 1 saturated heterocycles. The van der Waals surface area contributed by atoms with Gasteiger partial charge in [-0.2, -0.15) is 0 Å². The van der Waals surface area contributed by atoms with E-state index in [2.05, 4.69) is 22.3 Å². The van der Waals surface area contributed by atoms with Crippen LogP contribution in [0.1, 0.15) is 28.8 Å². The van der Waals surface area contributed by atoms with Crippen LogP contribution in [-0.4, -0.2) is 29.9 Å². The third-order valence-corrected chi connectivity index (χ3v) is 4.52. The number of anilines is 1. The van der Waals surface area contributed by atoms with Crippen molar-refractivity contribution >= 4 is 11.6 Å². The van der Waals surface area contributed by atoms with Crippen molar-refractivity contribution in [1.29, 1.82) is 0 Å². The van der Waals surface area contributed by atoms with Gasteiger partial charge in [0.25, 0.3) is 5.91 Å². The predicted molar refractivity (Wildman–Crippen MR) is 93.2 cm³/mol. The van der Waals surface area contributed by atoms with Crippen molar-refractivity contribution in [2.24, 2.45) is 5.73 Å². The Morgan fingerprint density at radius 2 is 1.80 bits per heavy atom. The largest absolute Gasteiger partial charge is 0.380 e. The molecule has 2 aromatic rings. The molecule has 0 atom stereocenters.